The lowest BCUT2D eigenvalue weighted by molar-refractivity contribution is 0.119. The van der Waals surface area contributed by atoms with Gasteiger partial charge in [-0.2, -0.15) is 0 Å². The first kappa shape index (κ1) is 21.7. The summed E-state index contributed by atoms with van der Waals surface area (Å²) in [6.45, 7) is 6.22. The smallest absolute Gasteiger partial charge is 0.194 e. The van der Waals surface area contributed by atoms with Gasteiger partial charge in [-0.15, -0.1) is 23.1 Å². The maximum absolute atomic E-state index is 12.9. The zero-order valence-electron chi connectivity index (χ0n) is 16.2. The van der Waals surface area contributed by atoms with Crippen molar-refractivity contribution in [3.05, 3.63) is 46.2 Å². The van der Waals surface area contributed by atoms with E-state index < -0.39 is 0 Å². The Morgan fingerprint density at radius 1 is 1.41 bits per heavy atom. The molecule has 5 nitrogen and oxygen atoms in total. The Bertz CT molecular complexity index is 721. The third kappa shape index (κ3) is 7.12. The average molecular weight is 411 g/mol. The number of aromatic nitrogens is 1. The zero-order valence-corrected chi connectivity index (χ0v) is 17.9. The maximum Gasteiger partial charge on any atom is 0.194 e. The number of thiazole rings is 1. The first-order chi connectivity index (χ1) is 13.0. The summed E-state index contributed by atoms with van der Waals surface area (Å²) in [7, 11) is 3.70. The highest BCUT2D eigenvalue weighted by atomic mass is 32.2. The first-order valence-corrected chi connectivity index (χ1v) is 10.7. The molecule has 0 radical (unpaired) electrons. The second kappa shape index (κ2) is 11.3. The highest BCUT2D eigenvalue weighted by molar-refractivity contribution is 7.99. The van der Waals surface area contributed by atoms with Crippen LogP contribution in [0.5, 0.6) is 0 Å². The van der Waals surface area contributed by atoms with Gasteiger partial charge in [-0.3, -0.25) is 4.99 Å². The molecule has 1 heterocycles. The molecule has 0 fully saturated rings. The van der Waals surface area contributed by atoms with E-state index >= 15 is 0 Å². The molecule has 0 saturated carbocycles. The van der Waals surface area contributed by atoms with E-state index in [1.165, 1.54) is 12.1 Å². The van der Waals surface area contributed by atoms with Crippen LogP contribution in [0.25, 0.3) is 0 Å². The van der Waals surface area contributed by atoms with Crippen LogP contribution in [-0.4, -0.2) is 48.8 Å². The summed E-state index contributed by atoms with van der Waals surface area (Å²) < 4.78 is 18.3. The number of nitrogens with zero attached hydrogens (tertiary/aromatic N) is 3. The number of aliphatic imine (C=N–C) groups is 1. The summed E-state index contributed by atoms with van der Waals surface area (Å²) in [6.07, 6.45) is 0.0134. The molecule has 2 rings (SSSR count). The molecule has 1 N–H and O–H groups in total. The van der Waals surface area contributed by atoms with Gasteiger partial charge in [-0.05, 0) is 38.1 Å². The number of nitrogens with one attached hydrogen (secondary N) is 1. The van der Waals surface area contributed by atoms with Gasteiger partial charge in [0.1, 0.15) is 16.9 Å². The Balaban J connectivity index is 1.89. The Hall–Kier alpha value is -1.64. The largest absolute Gasteiger partial charge is 0.375 e. The molecule has 8 heteroatoms. The third-order valence-electron chi connectivity index (χ3n) is 3.80. The van der Waals surface area contributed by atoms with Gasteiger partial charge in [-0.1, -0.05) is 0 Å². The van der Waals surface area contributed by atoms with Gasteiger partial charge >= 0.3 is 0 Å². The lowest BCUT2D eigenvalue weighted by atomic mass is 10.4. The van der Waals surface area contributed by atoms with Crippen molar-refractivity contribution < 1.29 is 9.13 Å². The molecule has 0 aliphatic carbocycles. The van der Waals surface area contributed by atoms with E-state index in [0.29, 0.717) is 13.1 Å². The minimum absolute atomic E-state index is 0.0134. The normalized spacial score (nSPS) is 12.9. The minimum atomic E-state index is -0.210. The van der Waals surface area contributed by atoms with E-state index in [1.807, 2.05) is 14.0 Å². The predicted octanol–water partition coefficient (Wildman–Crippen LogP) is 4.18. The molecule has 0 aliphatic heterocycles. The number of guanidine groups is 1. The fraction of sp³-hybridized carbons (Fsp3) is 0.474. The van der Waals surface area contributed by atoms with E-state index in [1.54, 1.807) is 42.3 Å². The monoisotopic (exact) mass is 410 g/mol. The van der Waals surface area contributed by atoms with E-state index in [9.17, 15) is 4.39 Å². The van der Waals surface area contributed by atoms with Crippen molar-refractivity contribution >= 4 is 29.1 Å². The minimum Gasteiger partial charge on any atom is -0.375 e. The summed E-state index contributed by atoms with van der Waals surface area (Å²) in [5, 5.41) is 6.37. The molecule has 148 valence electrons. The molecule has 27 heavy (non-hydrogen) atoms. The fourth-order valence-electron chi connectivity index (χ4n) is 2.32. The summed E-state index contributed by atoms with van der Waals surface area (Å²) in [5.74, 6) is 1.48. The maximum atomic E-state index is 12.9. The van der Waals surface area contributed by atoms with Crippen molar-refractivity contribution in [1.82, 2.24) is 15.2 Å². The van der Waals surface area contributed by atoms with Crippen LogP contribution >= 0.6 is 23.1 Å². The number of hydrogen-bond donors (Lipinski definition) is 1. The van der Waals surface area contributed by atoms with Crippen molar-refractivity contribution in [2.24, 2.45) is 4.99 Å². The van der Waals surface area contributed by atoms with Crippen LogP contribution in [0.4, 0.5) is 4.39 Å². The molecule has 1 aromatic carbocycles. The van der Waals surface area contributed by atoms with E-state index in [2.05, 4.69) is 32.5 Å². The number of halogens is 1. The van der Waals surface area contributed by atoms with Crippen LogP contribution in [-0.2, 0) is 11.3 Å². The van der Waals surface area contributed by atoms with Crippen LogP contribution in [0, 0.1) is 5.82 Å². The van der Waals surface area contributed by atoms with E-state index in [4.69, 9.17) is 4.74 Å². The molecule has 0 aliphatic rings. The van der Waals surface area contributed by atoms with Crippen LogP contribution < -0.4 is 5.32 Å². The molecule has 1 unspecified atom stereocenters. The Kier molecular flexibility index (Phi) is 9.03. The van der Waals surface area contributed by atoms with Gasteiger partial charge < -0.3 is 15.0 Å². The number of ether oxygens (including phenoxy) is 1. The zero-order chi connectivity index (χ0) is 19.6. The Labute approximate surface area is 169 Å². The number of methoxy groups -OCH3 is 1. The quantitative estimate of drug-likeness (QED) is 0.291. The van der Waals surface area contributed by atoms with Gasteiger partial charge in [0, 0.05) is 36.7 Å². The van der Waals surface area contributed by atoms with Crippen LogP contribution in [0.2, 0.25) is 0 Å². The van der Waals surface area contributed by atoms with E-state index in [-0.39, 0.29) is 11.9 Å². The van der Waals surface area contributed by atoms with Gasteiger partial charge in [0.2, 0.25) is 0 Å². The van der Waals surface area contributed by atoms with Crippen LogP contribution in [0.15, 0.2) is 39.5 Å². The van der Waals surface area contributed by atoms with Crippen molar-refractivity contribution in [3.63, 3.8) is 0 Å². The molecule has 0 amide bonds. The highest BCUT2D eigenvalue weighted by Crippen LogP contribution is 2.21. The molecule has 0 saturated heterocycles. The van der Waals surface area contributed by atoms with Crippen LogP contribution in [0.3, 0.4) is 0 Å². The van der Waals surface area contributed by atoms with E-state index in [0.717, 1.165) is 33.9 Å². The summed E-state index contributed by atoms with van der Waals surface area (Å²) >= 11 is 3.29. The number of benzene rings is 1. The molecular weight excluding hydrogens is 383 g/mol. The molecule has 1 aromatic heterocycles. The second-order valence-electron chi connectivity index (χ2n) is 5.95. The lowest BCUT2D eigenvalue weighted by Crippen LogP contribution is -2.38. The Morgan fingerprint density at radius 2 is 2.15 bits per heavy atom. The lowest BCUT2D eigenvalue weighted by Gasteiger charge is -2.21. The van der Waals surface area contributed by atoms with Gasteiger partial charge in [-0.25, -0.2) is 9.37 Å². The summed E-state index contributed by atoms with van der Waals surface area (Å²) in [5.41, 5.74) is 1.01. The molecule has 0 bridgehead atoms. The number of rotatable bonds is 9. The summed E-state index contributed by atoms with van der Waals surface area (Å²) in [6, 6.07) is 6.55. The average Bonchev–Trinajstić information content (AvgIpc) is 3.13. The highest BCUT2D eigenvalue weighted by Gasteiger charge is 2.12. The number of hydrogen-bond acceptors (Lipinski definition) is 5. The van der Waals surface area contributed by atoms with Crippen molar-refractivity contribution in [1.29, 1.82) is 0 Å². The van der Waals surface area contributed by atoms with Gasteiger partial charge in [0.25, 0.3) is 0 Å². The Morgan fingerprint density at radius 3 is 2.81 bits per heavy atom. The molecular formula is C19H27FN4OS2. The van der Waals surface area contributed by atoms with Gasteiger partial charge in [0.15, 0.2) is 5.96 Å². The standard InChI is InChI=1S/C19H27FN4OS2/c1-5-21-19(22-10-11-26-17-8-6-15(20)7-9-17)24(3)12-16-13-27-18(23-16)14(2)25-4/h6-9,13-14H,5,10-12H2,1-4H3,(H,21,22). The third-order valence-corrected chi connectivity index (χ3v) is 5.85. The number of thioether (sulfide) groups is 1. The molecule has 0 spiro atoms. The first-order valence-electron chi connectivity index (χ1n) is 8.88. The van der Waals surface area contributed by atoms with Gasteiger partial charge in [0.05, 0.1) is 18.8 Å². The second-order valence-corrected chi connectivity index (χ2v) is 8.01. The van der Waals surface area contributed by atoms with Crippen molar-refractivity contribution in [2.45, 2.75) is 31.4 Å². The van der Waals surface area contributed by atoms with Crippen LogP contribution in [0.1, 0.15) is 30.7 Å². The molecule has 2 aromatic rings. The fourth-order valence-corrected chi connectivity index (χ4v) is 3.90. The van der Waals surface area contributed by atoms with Crippen molar-refractivity contribution in [2.75, 3.05) is 33.0 Å². The SMILES string of the molecule is CCNC(=NCCSc1ccc(F)cc1)N(C)Cc1csc(C(C)OC)n1. The molecule has 1 atom stereocenters. The van der Waals surface area contributed by atoms with Crippen molar-refractivity contribution in [3.8, 4) is 0 Å². The predicted molar refractivity (Wildman–Crippen MR) is 112 cm³/mol. The summed E-state index contributed by atoms with van der Waals surface area (Å²) in [4.78, 5) is 12.4. The topological polar surface area (TPSA) is 49.8 Å².